The second-order valence-corrected chi connectivity index (χ2v) is 9.19. The Morgan fingerprint density at radius 3 is 2.26 bits per heavy atom. The molecule has 0 N–H and O–H groups in total. The molecule has 1 saturated carbocycles. The highest BCUT2D eigenvalue weighted by Crippen LogP contribution is 2.44. The average molecular weight is 529 g/mol. The quantitative estimate of drug-likeness (QED) is 0.270. The van der Waals surface area contributed by atoms with Gasteiger partial charge < -0.3 is 0 Å². The van der Waals surface area contributed by atoms with Gasteiger partial charge in [-0.05, 0) is 55.5 Å². The number of carbonyl (C=O) groups excluding carboxylic acids is 1. The van der Waals surface area contributed by atoms with Crippen molar-refractivity contribution in [3.8, 4) is 0 Å². The molecule has 1 nitrogen and oxygen atoms in total. The molecular formula is C24H18ClF9O. The third-order valence-electron chi connectivity index (χ3n) is 5.77. The Morgan fingerprint density at radius 1 is 1.11 bits per heavy atom. The van der Waals surface area contributed by atoms with E-state index in [1.54, 1.807) is 0 Å². The number of hydrogen-bond donors (Lipinski definition) is 0. The molecule has 35 heavy (non-hydrogen) atoms. The largest absolute Gasteiger partial charge is 0.417 e. The van der Waals surface area contributed by atoms with Crippen molar-refractivity contribution in [2.24, 2.45) is 5.92 Å². The van der Waals surface area contributed by atoms with Gasteiger partial charge in [0.2, 0.25) is 0 Å². The van der Waals surface area contributed by atoms with Crippen molar-refractivity contribution < 1.29 is 44.3 Å². The van der Waals surface area contributed by atoms with Crippen molar-refractivity contribution in [1.82, 2.24) is 0 Å². The van der Waals surface area contributed by atoms with Crippen molar-refractivity contribution in [2.75, 3.05) is 0 Å². The molecule has 0 radical (unpaired) electrons. The van der Waals surface area contributed by atoms with Crippen LogP contribution in [0.4, 0.5) is 39.5 Å². The number of carbonyl (C=O) groups is 1. The van der Waals surface area contributed by atoms with Crippen LogP contribution in [0, 0.1) is 11.7 Å². The summed E-state index contributed by atoms with van der Waals surface area (Å²) in [5, 5.41) is -0.646. The van der Waals surface area contributed by atoms with Crippen molar-refractivity contribution in [2.45, 2.75) is 50.1 Å². The van der Waals surface area contributed by atoms with Crippen LogP contribution in [-0.4, -0.2) is 17.6 Å². The molecule has 1 unspecified atom stereocenters. The highest BCUT2D eigenvalue weighted by Gasteiger charge is 2.43. The zero-order valence-electron chi connectivity index (χ0n) is 18.0. The second kappa shape index (κ2) is 9.52. The number of rotatable bonds is 6. The summed E-state index contributed by atoms with van der Waals surface area (Å²) in [5.41, 5.74) is -5.24. The van der Waals surface area contributed by atoms with Crippen molar-refractivity contribution in [1.29, 1.82) is 0 Å². The minimum atomic E-state index is -5.11. The van der Waals surface area contributed by atoms with Gasteiger partial charge in [0, 0.05) is 17.5 Å². The zero-order chi connectivity index (χ0) is 26.3. The van der Waals surface area contributed by atoms with Gasteiger partial charge in [-0.15, -0.1) is 0 Å². The molecule has 190 valence electrons. The summed E-state index contributed by atoms with van der Waals surface area (Å²) in [4.78, 5) is 12.4. The summed E-state index contributed by atoms with van der Waals surface area (Å²) in [6.45, 7) is 1.31. The average Bonchev–Trinajstić information content (AvgIpc) is 2.70. The molecule has 2 aromatic rings. The zero-order valence-corrected chi connectivity index (χ0v) is 18.8. The summed E-state index contributed by atoms with van der Waals surface area (Å²) >= 11 is 5.51. The monoisotopic (exact) mass is 528 g/mol. The van der Waals surface area contributed by atoms with E-state index >= 15 is 0 Å². The number of benzene rings is 2. The van der Waals surface area contributed by atoms with Gasteiger partial charge in [0.25, 0.3) is 0 Å². The minimum absolute atomic E-state index is 0.0156. The van der Waals surface area contributed by atoms with Crippen LogP contribution in [0.1, 0.15) is 59.2 Å². The van der Waals surface area contributed by atoms with E-state index in [4.69, 9.17) is 11.6 Å². The van der Waals surface area contributed by atoms with Crippen LogP contribution >= 0.6 is 11.6 Å². The standard InChI is InChI=1S/C24H18ClF9O/c1-22(28)10-12(11-22)6-21(35)15-4-2-14(7-17(15)24(32,33)34)20(27)9-16(23(29,30)31)13-3-5-19(26)18(25)8-13/h2-5,7-9,12,16H,6,10-11H2,1H3/b20-9-. The van der Waals surface area contributed by atoms with Gasteiger partial charge in [-0.25, -0.2) is 13.2 Å². The van der Waals surface area contributed by atoms with Gasteiger partial charge >= 0.3 is 12.4 Å². The normalized spacial score (nSPS) is 22.0. The highest BCUT2D eigenvalue weighted by atomic mass is 35.5. The first-order valence-electron chi connectivity index (χ1n) is 10.3. The first-order valence-corrected chi connectivity index (χ1v) is 10.7. The number of Topliss-reactive ketones (excluding diaryl/α,β-unsaturated/α-hetero) is 1. The Kier molecular flexibility index (Phi) is 7.37. The van der Waals surface area contributed by atoms with E-state index in [1.165, 1.54) is 6.92 Å². The molecule has 1 fully saturated rings. The first-order chi connectivity index (χ1) is 16.0. The molecule has 0 bridgehead atoms. The number of hydrogen-bond acceptors (Lipinski definition) is 1. The Balaban J connectivity index is 1.96. The molecule has 0 spiro atoms. The fourth-order valence-electron chi connectivity index (χ4n) is 4.16. The lowest BCUT2D eigenvalue weighted by molar-refractivity contribution is -0.140. The Labute approximate surface area is 199 Å². The molecule has 0 aliphatic heterocycles. The van der Waals surface area contributed by atoms with E-state index in [-0.39, 0.29) is 31.4 Å². The predicted octanol–water partition coefficient (Wildman–Crippen LogP) is 8.87. The van der Waals surface area contributed by atoms with Crippen LogP contribution in [0.2, 0.25) is 5.02 Å². The van der Waals surface area contributed by atoms with Crippen LogP contribution in [0.15, 0.2) is 42.5 Å². The molecule has 2 aromatic carbocycles. The maximum Gasteiger partial charge on any atom is 0.417 e. The molecule has 3 rings (SSSR count). The van der Waals surface area contributed by atoms with Crippen LogP contribution in [0.25, 0.3) is 5.83 Å². The molecule has 1 aliphatic carbocycles. The summed E-state index contributed by atoms with van der Waals surface area (Å²) < 4.78 is 123. The maximum atomic E-state index is 14.8. The maximum absolute atomic E-state index is 14.8. The van der Waals surface area contributed by atoms with Crippen molar-refractivity contribution >= 4 is 23.2 Å². The van der Waals surface area contributed by atoms with Gasteiger partial charge in [-0.3, -0.25) is 4.79 Å². The number of ketones is 1. The molecule has 0 heterocycles. The number of alkyl halides is 7. The van der Waals surface area contributed by atoms with Crippen LogP contribution < -0.4 is 0 Å². The first kappa shape index (κ1) is 27.1. The molecule has 0 saturated heterocycles. The smallest absolute Gasteiger partial charge is 0.294 e. The SMILES string of the molecule is CC1(F)CC(CC(=O)c2ccc(/C(F)=C/C(c3ccc(F)c(Cl)c3)C(F)(F)F)cc2C(F)(F)F)C1. The summed E-state index contributed by atoms with van der Waals surface area (Å²) in [6, 6.07) is 3.74. The van der Waals surface area contributed by atoms with Gasteiger partial charge in [0.15, 0.2) is 5.78 Å². The van der Waals surface area contributed by atoms with E-state index in [2.05, 4.69) is 0 Å². The van der Waals surface area contributed by atoms with E-state index < -0.39 is 74.6 Å². The lowest BCUT2D eigenvalue weighted by atomic mass is 9.71. The number of halogens is 10. The second-order valence-electron chi connectivity index (χ2n) is 8.78. The lowest BCUT2D eigenvalue weighted by Crippen LogP contribution is -2.37. The summed E-state index contributed by atoms with van der Waals surface area (Å²) in [6.07, 6.45) is -10.4. The topological polar surface area (TPSA) is 17.1 Å². The van der Waals surface area contributed by atoms with E-state index in [9.17, 15) is 44.3 Å². The van der Waals surface area contributed by atoms with E-state index in [0.717, 1.165) is 12.1 Å². The van der Waals surface area contributed by atoms with Crippen LogP contribution in [0.3, 0.4) is 0 Å². The fourth-order valence-corrected chi connectivity index (χ4v) is 4.35. The molecule has 0 amide bonds. The Bertz CT molecular complexity index is 1140. The van der Waals surface area contributed by atoms with Gasteiger partial charge in [0.1, 0.15) is 23.2 Å². The third-order valence-corrected chi connectivity index (χ3v) is 6.06. The van der Waals surface area contributed by atoms with Gasteiger partial charge in [-0.1, -0.05) is 29.8 Å². The highest BCUT2D eigenvalue weighted by molar-refractivity contribution is 6.30. The summed E-state index contributed by atoms with van der Waals surface area (Å²) in [5.74, 6) is -6.64. The molecule has 11 heteroatoms. The van der Waals surface area contributed by atoms with E-state index in [0.29, 0.717) is 18.2 Å². The van der Waals surface area contributed by atoms with E-state index in [1.807, 2.05) is 0 Å². The van der Waals surface area contributed by atoms with Crippen LogP contribution in [-0.2, 0) is 6.18 Å². The lowest BCUT2D eigenvalue weighted by Gasteiger charge is -2.38. The van der Waals surface area contributed by atoms with Gasteiger partial charge in [0.05, 0.1) is 10.6 Å². The Morgan fingerprint density at radius 2 is 1.74 bits per heavy atom. The minimum Gasteiger partial charge on any atom is -0.294 e. The van der Waals surface area contributed by atoms with Gasteiger partial charge in [-0.2, -0.15) is 26.3 Å². The fraction of sp³-hybridized carbons (Fsp3) is 0.375. The third kappa shape index (κ3) is 6.39. The molecular weight excluding hydrogens is 511 g/mol. The molecule has 1 atom stereocenters. The van der Waals surface area contributed by atoms with Crippen molar-refractivity contribution in [3.05, 3.63) is 75.6 Å². The Hall–Kier alpha value is -2.49. The summed E-state index contributed by atoms with van der Waals surface area (Å²) in [7, 11) is 0. The predicted molar refractivity (Wildman–Crippen MR) is 112 cm³/mol. The molecule has 0 aromatic heterocycles. The van der Waals surface area contributed by atoms with Crippen LogP contribution in [0.5, 0.6) is 0 Å². The molecule has 1 aliphatic rings. The van der Waals surface area contributed by atoms with Crippen molar-refractivity contribution in [3.63, 3.8) is 0 Å². The number of allylic oxidation sites excluding steroid dienone is 1.